The Bertz CT molecular complexity index is 561. The zero-order valence-electron chi connectivity index (χ0n) is 12.1. The molecule has 104 valence electrons. The lowest BCUT2D eigenvalue weighted by molar-refractivity contribution is 0.808. The molecule has 2 rings (SSSR count). The average Bonchev–Trinajstić information content (AvgIpc) is 2.48. The summed E-state index contributed by atoms with van der Waals surface area (Å²) in [4.78, 5) is 4.24. The standard InChI is InChI=1S/C17H21N3/c1-14-7-6-10-16(11-14)13-20-17(18-2)19-12-15-8-4-3-5-9-15/h3-11H,12-13H2,1-2H3,(H2,18,19,20). The van der Waals surface area contributed by atoms with Gasteiger partial charge in [0.2, 0.25) is 0 Å². The number of rotatable bonds is 4. The van der Waals surface area contributed by atoms with E-state index in [1.165, 1.54) is 16.7 Å². The highest BCUT2D eigenvalue weighted by atomic mass is 15.2. The minimum Gasteiger partial charge on any atom is -0.352 e. The van der Waals surface area contributed by atoms with Gasteiger partial charge in [-0.2, -0.15) is 0 Å². The molecule has 0 aliphatic rings. The SMILES string of the molecule is CN=C(NCc1ccccc1)NCc1cccc(C)c1. The largest absolute Gasteiger partial charge is 0.352 e. The van der Waals surface area contributed by atoms with E-state index in [0.717, 1.165) is 19.0 Å². The molecule has 2 aromatic rings. The fourth-order valence-corrected chi connectivity index (χ4v) is 2.01. The van der Waals surface area contributed by atoms with Crippen molar-refractivity contribution in [1.29, 1.82) is 0 Å². The number of hydrogen-bond donors (Lipinski definition) is 2. The predicted molar refractivity (Wildman–Crippen MR) is 84.7 cm³/mol. The monoisotopic (exact) mass is 267 g/mol. The molecule has 0 radical (unpaired) electrons. The van der Waals surface area contributed by atoms with Crippen molar-refractivity contribution in [3.05, 3.63) is 71.3 Å². The number of guanidine groups is 1. The van der Waals surface area contributed by atoms with Crippen LogP contribution in [-0.4, -0.2) is 13.0 Å². The molecule has 0 heterocycles. The summed E-state index contributed by atoms with van der Waals surface area (Å²) >= 11 is 0. The molecule has 0 aliphatic carbocycles. The minimum atomic E-state index is 0.772. The van der Waals surface area contributed by atoms with Crippen LogP contribution in [0.25, 0.3) is 0 Å². The molecule has 20 heavy (non-hydrogen) atoms. The Labute approximate surface area is 120 Å². The van der Waals surface area contributed by atoms with E-state index in [4.69, 9.17) is 0 Å². The molecule has 0 spiro atoms. The van der Waals surface area contributed by atoms with Gasteiger partial charge in [-0.25, -0.2) is 0 Å². The molecular formula is C17H21N3. The van der Waals surface area contributed by atoms with Crippen molar-refractivity contribution in [2.45, 2.75) is 20.0 Å². The smallest absolute Gasteiger partial charge is 0.191 e. The van der Waals surface area contributed by atoms with Crippen LogP contribution in [0.3, 0.4) is 0 Å². The molecule has 2 N–H and O–H groups in total. The van der Waals surface area contributed by atoms with Crippen LogP contribution in [0.2, 0.25) is 0 Å². The Morgan fingerprint density at radius 2 is 1.55 bits per heavy atom. The van der Waals surface area contributed by atoms with Crippen molar-refractivity contribution in [1.82, 2.24) is 10.6 Å². The van der Waals surface area contributed by atoms with Gasteiger partial charge in [0.25, 0.3) is 0 Å². The van der Waals surface area contributed by atoms with E-state index in [-0.39, 0.29) is 0 Å². The van der Waals surface area contributed by atoms with Crippen molar-refractivity contribution in [2.24, 2.45) is 4.99 Å². The third kappa shape index (κ3) is 4.43. The van der Waals surface area contributed by atoms with Gasteiger partial charge < -0.3 is 10.6 Å². The van der Waals surface area contributed by atoms with Crippen molar-refractivity contribution in [2.75, 3.05) is 7.05 Å². The number of nitrogens with one attached hydrogen (secondary N) is 2. The highest BCUT2D eigenvalue weighted by Gasteiger charge is 1.99. The van der Waals surface area contributed by atoms with E-state index < -0.39 is 0 Å². The van der Waals surface area contributed by atoms with Crippen LogP contribution in [-0.2, 0) is 13.1 Å². The van der Waals surface area contributed by atoms with Gasteiger partial charge in [0.05, 0.1) is 0 Å². The Balaban J connectivity index is 1.84. The second-order valence-electron chi connectivity index (χ2n) is 4.75. The van der Waals surface area contributed by atoms with Gasteiger partial charge in [-0.3, -0.25) is 4.99 Å². The lowest BCUT2D eigenvalue weighted by Gasteiger charge is -2.12. The molecule has 0 bridgehead atoms. The molecule has 3 heteroatoms. The highest BCUT2D eigenvalue weighted by Crippen LogP contribution is 2.03. The Morgan fingerprint density at radius 1 is 0.900 bits per heavy atom. The summed E-state index contributed by atoms with van der Waals surface area (Å²) in [7, 11) is 1.79. The third-order valence-electron chi connectivity index (χ3n) is 3.07. The van der Waals surface area contributed by atoms with Crippen LogP contribution in [0, 0.1) is 6.92 Å². The second-order valence-corrected chi connectivity index (χ2v) is 4.75. The van der Waals surface area contributed by atoms with Gasteiger partial charge in [0.15, 0.2) is 5.96 Å². The zero-order chi connectivity index (χ0) is 14.2. The maximum atomic E-state index is 4.24. The molecule has 2 aromatic carbocycles. The van der Waals surface area contributed by atoms with E-state index in [1.807, 2.05) is 18.2 Å². The summed E-state index contributed by atoms with van der Waals surface area (Å²) in [5, 5.41) is 6.63. The van der Waals surface area contributed by atoms with Crippen molar-refractivity contribution in [3.8, 4) is 0 Å². The van der Waals surface area contributed by atoms with Crippen LogP contribution < -0.4 is 10.6 Å². The van der Waals surface area contributed by atoms with Crippen LogP contribution in [0.5, 0.6) is 0 Å². The fraction of sp³-hybridized carbons (Fsp3) is 0.235. The van der Waals surface area contributed by atoms with E-state index in [2.05, 4.69) is 58.9 Å². The first-order valence-corrected chi connectivity index (χ1v) is 6.82. The van der Waals surface area contributed by atoms with Crippen molar-refractivity contribution in [3.63, 3.8) is 0 Å². The maximum absolute atomic E-state index is 4.24. The first-order chi connectivity index (χ1) is 9.78. The lowest BCUT2D eigenvalue weighted by atomic mass is 10.1. The topological polar surface area (TPSA) is 36.4 Å². The van der Waals surface area contributed by atoms with E-state index >= 15 is 0 Å². The summed E-state index contributed by atoms with van der Waals surface area (Å²) in [6, 6.07) is 18.8. The van der Waals surface area contributed by atoms with Crippen molar-refractivity contribution >= 4 is 5.96 Å². The summed E-state index contributed by atoms with van der Waals surface area (Å²) in [6.45, 7) is 3.65. The van der Waals surface area contributed by atoms with Crippen LogP contribution >= 0.6 is 0 Å². The molecule has 0 saturated carbocycles. The summed E-state index contributed by atoms with van der Waals surface area (Å²) < 4.78 is 0. The van der Waals surface area contributed by atoms with E-state index in [9.17, 15) is 0 Å². The third-order valence-corrected chi connectivity index (χ3v) is 3.07. The Hall–Kier alpha value is -2.29. The quantitative estimate of drug-likeness (QED) is 0.660. The summed E-state index contributed by atoms with van der Waals surface area (Å²) in [5.74, 6) is 0.815. The molecule has 3 nitrogen and oxygen atoms in total. The van der Waals surface area contributed by atoms with Crippen LogP contribution in [0.15, 0.2) is 59.6 Å². The zero-order valence-corrected chi connectivity index (χ0v) is 12.1. The molecule has 0 atom stereocenters. The normalized spacial score (nSPS) is 11.2. The average molecular weight is 267 g/mol. The highest BCUT2D eigenvalue weighted by molar-refractivity contribution is 5.79. The number of hydrogen-bond acceptors (Lipinski definition) is 1. The van der Waals surface area contributed by atoms with Gasteiger partial charge in [0.1, 0.15) is 0 Å². The first-order valence-electron chi connectivity index (χ1n) is 6.82. The van der Waals surface area contributed by atoms with Crippen LogP contribution in [0.4, 0.5) is 0 Å². The van der Waals surface area contributed by atoms with Gasteiger partial charge >= 0.3 is 0 Å². The Kier molecular flexibility index (Phi) is 5.18. The summed E-state index contributed by atoms with van der Waals surface area (Å²) in [5.41, 5.74) is 3.77. The molecule has 0 fully saturated rings. The van der Waals surface area contributed by atoms with Gasteiger partial charge in [0, 0.05) is 20.1 Å². The number of nitrogens with zero attached hydrogens (tertiary/aromatic N) is 1. The van der Waals surface area contributed by atoms with Crippen molar-refractivity contribution < 1.29 is 0 Å². The summed E-state index contributed by atoms with van der Waals surface area (Å²) in [6.07, 6.45) is 0. The molecule has 0 aromatic heterocycles. The number of aryl methyl sites for hydroxylation is 1. The fourth-order valence-electron chi connectivity index (χ4n) is 2.01. The predicted octanol–water partition coefficient (Wildman–Crippen LogP) is 2.86. The van der Waals surface area contributed by atoms with E-state index in [1.54, 1.807) is 7.05 Å². The molecular weight excluding hydrogens is 246 g/mol. The molecule has 0 aliphatic heterocycles. The first kappa shape index (κ1) is 14.1. The lowest BCUT2D eigenvalue weighted by Crippen LogP contribution is -2.36. The molecule has 0 amide bonds. The Morgan fingerprint density at radius 3 is 2.20 bits per heavy atom. The molecule has 0 unspecified atom stereocenters. The van der Waals surface area contributed by atoms with Crippen LogP contribution in [0.1, 0.15) is 16.7 Å². The minimum absolute atomic E-state index is 0.772. The van der Waals surface area contributed by atoms with Gasteiger partial charge in [-0.15, -0.1) is 0 Å². The van der Waals surface area contributed by atoms with E-state index in [0.29, 0.717) is 0 Å². The molecule has 0 saturated heterocycles. The van der Waals surface area contributed by atoms with Gasteiger partial charge in [-0.05, 0) is 18.1 Å². The maximum Gasteiger partial charge on any atom is 0.191 e. The second kappa shape index (κ2) is 7.34. The number of benzene rings is 2. The number of aliphatic imine (C=N–C) groups is 1. The van der Waals surface area contributed by atoms with Gasteiger partial charge in [-0.1, -0.05) is 60.2 Å².